The van der Waals surface area contributed by atoms with Gasteiger partial charge in [0, 0.05) is 5.56 Å². The number of carbonyl (C=O) groups is 1. The van der Waals surface area contributed by atoms with Gasteiger partial charge in [-0.05, 0) is 24.3 Å². The molecule has 0 aromatic heterocycles. The number of hydrogen-bond donors (Lipinski definition) is 2. The van der Waals surface area contributed by atoms with Crippen LogP contribution in [0.25, 0.3) is 0 Å². The predicted octanol–water partition coefficient (Wildman–Crippen LogP) is 0.185. The van der Waals surface area contributed by atoms with Crippen LogP contribution in [0.3, 0.4) is 0 Å². The van der Waals surface area contributed by atoms with E-state index in [1.165, 1.54) is 0 Å². The van der Waals surface area contributed by atoms with E-state index in [1.807, 2.05) is 0 Å². The molecule has 0 bridgehead atoms. The highest BCUT2D eigenvalue weighted by Gasteiger charge is 1.99. The van der Waals surface area contributed by atoms with Crippen LogP contribution in [0.2, 0.25) is 0 Å². The van der Waals surface area contributed by atoms with Gasteiger partial charge in [0.15, 0.2) is 6.61 Å². The van der Waals surface area contributed by atoms with Gasteiger partial charge in [-0.3, -0.25) is 4.79 Å². The molecule has 1 aromatic rings. The van der Waals surface area contributed by atoms with Gasteiger partial charge in [-0.2, -0.15) is 0 Å². The van der Waals surface area contributed by atoms with E-state index < -0.39 is 5.91 Å². The van der Waals surface area contributed by atoms with E-state index in [-0.39, 0.29) is 6.61 Å². The molecular weight excluding hydrogens is 200 g/mol. The fraction of sp³-hybridized carbons (Fsp3) is 0.111. The van der Waals surface area contributed by atoms with Gasteiger partial charge in [0.25, 0.3) is 5.91 Å². The Labute approximate surface area is 86.8 Å². The van der Waals surface area contributed by atoms with Crippen molar-refractivity contribution in [2.45, 2.75) is 0 Å². The smallest absolute Gasteiger partial charge is 0.255 e. The average Bonchev–Trinajstić information content (AvgIpc) is 2.15. The van der Waals surface area contributed by atoms with Crippen molar-refractivity contribution in [1.29, 1.82) is 0 Å². The van der Waals surface area contributed by atoms with Crippen molar-refractivity contribution in [2.24, 2.45) is 11.5 Å². The quantitative estimate of drug-likeness (QED) is 0.695. The topological polar surface area (TPSA) is 78.3 Å². The second-order valence-corrected chi connectivity index (χ2v) is 3.08. The maximum absolute atomic E-state index is 10.4. The monoisotopic (exact) mass is 210 g/mol. The molecule has 0 spiro atoms. The second-order valence-electron chi connectivity index (χ2n) is 2.64. The third-order valence-electron chi connectivity index (χ3n) is 1.52. The number of rotatable bonds is 4. The lowest BCUT2D eigenvalue weighted by Crippen LogP contribution is -2.20. The first-order valence-electron chi connectivity index (χ1n) is 3.90. The number of nitrogens with two attached hydrogens (primary N) is 2. The normalized spacial score (nSPS) is 9.43. The summed E-state index contributed by atoms with van der Waals surface area (Å²) in [6.07, 6.45) is 0. The zero-order valence-corrected chi connectivity index (χ0v) is 8.21. The summed E-state index contributed by atoms with van der Waals surface area (Å²) in [6.45, 7) is -0.133. The summed E-state index contributed by atoms with van der Waals surface area (Å²) >= 11 is 4.77. The third kappa shape index (κ3) is 3.02. The Kier molecular flexibility index (Phi) is 3.41. The van der Waals surface area contributed by atoms with E-state index in [1.54, 1.807) is 24.3 Å². The minimum Gasteiger partial charge on any atom is -0.484 e. The first-order valence-corrected chi connectivity index (χ1v) is 4.31. The van der Waals surface area contributed by atoms with Crippen LogP contribution in [0.1, 0.15) is 5.56 Å². The molecule has 4 N–H and O–H groups in total. The Morgan fingerprint density at radius 1 is 1.29 bits per heavy atom. The van der Waals surface area contributed by atoms with Crippen LogP contribution in [0.15, 0.2) is 24.3 Å². The molecule has 0 heterocycles. The summed E-state index contributed by atoms with van der Waals surface area (Å²) < 4.78 is 5.04. The van der Waals surface area contributed by atoms with Crippen LogP contribution in [0, 0.1) is 0 Å². The first-order chi connectivity index (χ1) is 6.59. The molecule has 1 aromatic carbocycles. The molecule has 0 atom stereocenters. The van der Waals surface area contributed by atoms with Crippen molar-refractivity contribution >= 4 is 23.1 Å². The summed E-state index contributed by atoms with van der Waals surface area (Å²) in [7, 11) is 0. The van der Waals surface area contributed by atoms with Crippen molar-refractivity contribution in [3.05, 3.63) is 29.8 Å². The van der Waals surface area contributed by atoms with E-state index in [2.05, 4.69) is 0 Å². The maximum atomic E-state index is 10.4. The van der Waals surface area contributed by atoms with Crippen molar-refractivity contribution in [1.82, 2.24) is 0 Å². The molecule has 0 saturated carbocycles. The largest absolute Gasteiger partial charge is 0.484 e. The van der Waals surface area contributed by atoms with Crippen molar-refractivity contribution in [3.63, 3.8) is 0 Å². The number of carbonyl (C=O) groups excluding carboxylic acids is 1. The van der Waals surface area contributed by atoms with E-state index in [0.29, 0.717) is 10.7 Å². The zero-order chi connectivity index (χ0) is 10.6. The molecular formula is C9H10N2O2S. The summed E-state index contributed by atoms with van der Waals surface area (Å²) in [5.74, 6) is 0.0484. The van der Waals surface area contributed by atoms with Crippen LogP contribution in [0.4, 0.5) is 0 Å². The number of hydrogen-bond acceptors (Lipinski definition) is 3. The van der Waals surface area contributed by atoms with E-state index >= 15 is 0 Å². The second kappa shape index (κ2) is 4.57. The zero-order valence-electron chi connectivity index (χ0n) is 7.40. The van der Waals surface area contributed by atoms with Gasteiger partial charge in [0.2, 0.25) is 0 Å². The number of primary amides is 1. The lowest BCUT2D eigenvalue weighted by molar-refractivity contribution is -0.119. The third-order valence-corrected chi connectivity index (χ3v) is 1.76. The van der Waals surface area contributed by atoms with Crippen LogP contribution >= 0.6 is 12.2 Å². The fourth-order valence-electron chi connectivity index (χ4n) is 0.870. The van der Waals surface area contributed by atoms with Crippen molar-refractivity contribution in [2.75, 3.05) is 6.61 Å². The Hall–Kier alpha value is -1.62. The molecule has 0 aliphatic carbocycles. The van der Waals surface area contributed by atoms with Gasteiger partial charge in [-0.15, -0.1) is 0 Å². The Bertz CT molecular complexity index is 348. The molecule has 0 aliphatic rings. The molecule has 14 heavy (non-hydrogen) atoms. The minimum atomic E-state index is -0.511. The van der Waals surface area contributed by atoms with Gasteiger partial charge >= 0.3 is 0 Å². The van der Waals surface area contributed by atoms with Gasteiger partial charge in [0.05, 0.1) is 0 Å². The van der Waals surface area contributed by atoms with Gasteiger partial charge in [-0.25, -0.2) is 0 Å². The van der Waals surface area contributed by atoms with E-state index in [4.69, 9.17) is 28.4 Å². The minimum absolute atomic E-state index is 0.133. The maximum Gasteiger partial charge on any atom is 0.255 e. The van der Waals surface area contributed by atoms with Crippen LogP contribution in [0.5, 0.6) is 5.75 Å². The highest BCUT2D eigenvalue weighted by Crippen LogP contribution is 2.11. The van der Waals surface area contributed by atoms with Gasteiger partial charge < -0.3 is 16.2 Å². The summed E-state index contributed by atoms with van der Waals surface area (Å²) in [4.78, 5) is 10.7. The lowest BCUT2D eigenvalue weighted by Gasteiger charge is -2.04. The van der Waals surface area contributed by atoms with Crippen LogP contribution in [-0.4, -0.2) is 17.5 Å². The Balaban J connectivity index is 2.64. The molecule has 1 amide bonds. The highest BCUT2D eigenvalue weighted by atomic mass is 32.1. The summed E-state index contributed by atoms with van der Waals surface area (Å²) in [5.41, 5.74) is 11.1. The van der Waals surface area contributed by atoms with Gasteiger partial charge in [-0.1, -0.05) is 12.2 Å². The molecule has 0 fully saturated rings. The number of benzene rings is 1. The summed E-state index contributed by atoms with van der Waals surface area (Å²) in [6, 6.07) is 6.80. The fourth-order valence-corrected chi connectivity index (χ4v) is 1.01. The molecule has 0 aliphatic heterocycles. The summed E-state index contributed by atoms with van der Waals surface area (Å²) in [5, 5.41) is 0. The molecule has 1 rings (SSSR count). The Morgan fingerprint density at radius 2 is 1.86 bits per heavy atom. The number of amides is 1. The molecule has 5 heteroatoms. The molecule has 74 valence electrons. The Morgan fingerprint density at radius 3 is 2.29 bits per heavy atom. The average molecular weight is 210 g/mol. The number of ether oxygens (including phenoxy) is 1. The van der Waals surface area contributed by atoms with Crippen molar-refractivity contribution < 1.29 is 9.53 Å². The SMILES string of the molecule is NC(=O)COc1ccc(C(N)=S)cc1. The van der Waals surface area contributed by atoms with Crippen LogP contribution in [-0.2, 0) is 4.79 Å². The molecule has 0 unspecified atom stereocenters. The standard InChI is InChI=1S/C9H10N2O2S/c10-8(12)5-13-7-3-1-6(2-4-7)9(11)14/h1-4H,5H2,(H2,10,12)(H2,11,14). The lowest BCUT2D eigenvalue weighted by atomic mass is 10.2. The molecule has 0 saturated heterocycles. The van der Waals surface area contributed by atoms with Crippen molar-refractivity contribution in [3.8, 4) is 5.75 Å². The van der Waals surface area contributed by atoms with Gasteiger partial charge in [0.1, 0.15) is 10.7 Å². The van der Waals surface area contributed by atoms with E-state index in [9.17, 15) is 4.79 Å². The van der Waals surface area contributed by atoms with Crippen LogP contribution < -0.4 is 16.2 Å². The number of thiocarbonyl (C=S) groups is 1. The predicted molar refractivity (Wildman–Crippen MR) is 57.0 cm³/mol. The molecule has 4 nitrogen and oxygen atoms in total. The molecule has 0 radical (unpaired) electrons. The highest BCUT2D eigenvalue weighted by molar-refractivity contribution is 7.80. The van der Waals surface area contributed by atoms with E-state index in [0.717, 1.165) is 5.56 Å². The first kappa shape index (κ1) is 10.5.